The van der Waals surface area contributed by atoms with Gasteiger partial charge in [-0.05, 0) is 67.1 Å². The number of hydrogen-bond donors (Lipinski definition) is 2. The van der Waals surface area contributed by atoms with E-state index in [9.17, 15) is 9.90 Å². The van der Waals surface area contributed by atoms with E-state index in [2.05, 4.69) is 10.5 Å². The number of phenolic OH excluding ortho intramolecular Hbond substituents is 1. The number of amides is 1. The summed E-state index contributed by atoms with van der Waals surface area (Å²) in [5.41, 5.74) is 4.37. The van der Waals surface area contributed by atoms with Gasteiger partial charge < -0.3 is 14.6 Å². The largest absolute Gasteiger partial charge is 0.504 e. The van der Waals surface area contributed by atoms with Crippen LogP contribution < -0.4 is 14.9 Å². The minimum atomic E-state index is -0.368. The normalized spacial score (nSPS) is 10.8. The molecule has 0 saturated carbocycles. The van der Waals surface area contributed by atoms with Gasteiger partial charge >= 0.3 is 0 Å². The Morgan fingerprint density at radius 3 is 2.55 bits per heavy atom. The molecule has 0 aliphatic heterocycles. The van der Waals surface area contributed by atoms with Crippen molar-refractivity contribution in [2.45, 2.75) is 13.5 Å². The fourth-order valence-corrected chi connectivity index (χ4v) is 3.08. The average molecular weight is 459 g/mol. The summed E-state index contributed by atoms with van der Waals surface area (Å²) in [5.74, 6) is 0.628. The molecule has 0 aromatic heterocycles. The second-order valence-corrected chi connectivity index (χ2v) is 7.25. The minimum absolute atomic E-state index is 0.0451. The summed E-state index contributed by atoms with van der Waals surface area (Å²) < 4.78 is 11.0. The first kappa shape index (κ1) is 22.5. The van der Waals surface area contributed by atoms with Crippen LogP contribution in [-0.4, -0.2) is 23.8 Å². The van der Waals surface area contributed by atoms with Crippen LogP contribution >= 0.6 is 23.2 Å². The van der Waals surface area contributed by atoms with Gasteiger partial charge in [0.05, 0.1) is 12.8 Å². The quantitative estimate of drug-likeness (QED) is 0.347. The van der Waals surface area contributed by atoms with Crippen molar-refractivity contribution < 1.29 is 19.4 Å². The van der Waals surface area contributed by atoms with E-state index in [1.165, 1.54) is 12.3 Å². The van der Waals surface area contributed by atoms with Crippen molar-refractivity contribution in [3.63, 3.8) is 0 Å². The van der Waals surface area contributed by atoms with Gasteiger partial charge in [-0.3, -0.25) is 4.79 Å². The Morgan fingerprint density at radius 2 is 1.84 bits per heavy atom. The Kier molecular flexibility index (Phi) is 7.76. The van der Waals surface area contributed by atoms with Crippen LogP contribution in [0, 0.1) is 0 Å². The number of rotatable bonds is 8. The number of nitrogens with zero attached hydrogens (tertiary/aromatic N) is 1. The molecule has 6 nitrogen and oxygen atoms in total. The fourth-order valence-electron chi connectivity index (χ4n) is 2.61. The van der Waals surface area contributed by atoms with Gasteiger partial charge in [0.1, 0.15) is 12.4 Å². The van der Waals surface area contributed by atoms with Crippen LogP contribution in [0.25, 0.3) is 0 Å². The molecule has 160 valence electrons. The SMILES string of the molecule is CCOc1cc(/C=N\NC(=O)c2ccc(OCc3ccc(Cl)cc3Cl)cc2)ccc1O. The number of carbonyl (C=O) groups excluding carboxylic acids is 1. The van der Waals surface area contributed by atoms with E-state index in [4.69, 9.17) is 32.7 Å². The summed E-state index contributed by atoms with van der Waals surface area (Å²) in [6, 6.07) is 16.7. The maximum Gasteiger partial charge on any atom is 0.271 e. The zero-order chi connectivity index (χ0) is 22.2. The number of hydrazone groups is 1. The highest BCUT2D eigenvalue weighted by atomic mass is 35.5. The molecule has 3 aromatic carbocycles. The van der Waals surface area contributed by atoms with Crippen molar-refractivity contribution in [3.05, 3.63) is 87.4 Å². The maximum absolute atomic E-state index is 12.3. The summed E-state index contributed by atoms with van der Waals surface area (Å²) in [6.07, 6.45) is 1.47. The van der Waals surface area contributed by atoms with Crippen LogP contribution in [0.4, 0.5) is 0 Å². The van der Waals surface area contributed by atoms with Gasteiger partial charge in [0, 0.05) is 21.2 Å². The van der Waals surface area contributed by atoms with E-state index in [-0.39, 0.29) is 18.3 Å². The third kappa shape index (κ3) is 6.38. The number of carbonyl (C=O) groups is 1. The molecule has 0 heterocycles. The van der Waals surface area contributed by atoms with Gasteiger partial charge in [-0.2, -0.15) is 5.10 Å². The Morgan fingerprint density at radius 1 is 1.06 bits per heavy atom. The molecular formula is C23H20Cl2N2O4. The Hall–Kier alpha value is -3.22. The van der Waals surface area contributed by atoms with Crippen molar-refractivity contribution in [3.8, 4) is 17.2 Å². The van der Waals surface area contributed by atoms with Crippen molar-refractivity contribution in [1.82, 2.24) is 5.43 Å². The lowest BCUT2D eigenvalue weighted by Crippen LogP contribution is -2.17. The van der Waals surface area contributed by atoms with E-state index in [1.807, 2.05) is 6.92 Å². The van der Waals surface area contributed by atoms with Gasteiger partial charge in [0.25, 0.3) is 5.91 Å². The molecule has 0 fully saturated rings. The smallest absolute Gasteiger partial charge is 0.271 e. The zero-order valence-electron chi connectivity index (χ0n) is 16.6. The van der Waals surface area contributed by atoms with Gasteiger partial charge in [0.2, 0.25) is 0 Å². The molecule has 0 spiro atoms. The molecule has 1 amide bonds. The highest BCUT2D eigenvalue weighted by Crippen LogP contribution is 2.26. The average Bonchev–Trinajstić information content (AvgIpc) is 2.76. The van der Waals surface area contributed by atoms with Crippen molar-refractivity contribution >= 4 is 35.3 Å². The van der Waals surface area contributed by atoms with Crippen LogP contribution in [0.5, 0.6) is 17.2 Å². The molecule has 0 saturated heterocycles. The topological polar surface area (TPSA) is 80.2 Å². The third-order valence-electron chi connectivity index (χ3n) is 4.19. The number of nitrogens with one attached hydrogen (secondary N) is 1. The Balaban J connectivity index is 1.55. The number of hydrogen-bond acceptors (Lipinski definition) is 5. The van der Waals surface area contributed by atoms with E-state index >= 15 is 0 Å². The second kappa shape index (κ2) is 10.7. The molecule has 8 heteroatoms. The van der Waals surface area contributed by atoms with Crippen LogP contribution in [0.15, 0.2) is 65.8 Å². The predicted molar refractivity (Wildman–Crippen MR) is 122 cm³/mol. The summed E-state index contributed by atoms with van der Waals surface area (Å²) in [4.78, 5) is 12.3. The molecular weight excluding hydrogens is 439 g/mol. The first-order valence-electron chi connectivity index (χ1n) is 9.42. The van der Waals surface area contributed by atoms with Crippen LogP contribution in [0.3, 0.4) is 0 Å². The van der Waals surface area contributed by atoms with Crippen molar-refractivity contribution in [2.24, 2.45) is 5.10 Å². The minimum Gasteiger partial charge on any atom is -0.504 e. The van der Waals surface area contributed by atoms with Crippen LogP contribution in [0.2, 0.25) is 10.0 Å². The first-order chi connectivity index (χ1) is 15.0. The Bertz CT molecular complexity index is 1090. The highest BCUT2D eigenvalue weighted by molar-refractivity contribution is 6.35. The highest BCUT2D eigenvalue weighted by Gasteiger charge is 2.07. The van der Waals surface area contributed by atoms with Crippen LogP contribution in [0.1, 0.15) is 28.4 Å². The van der Waals surface area contributed by atoms with Gasteiger partial charge in [-0.1, -0.05) is 29.3 Å². The molecule has 31 heavy (non-hydrogen) atoms. The van der Waals surface area contributed by atoms with Gasteiger partial charge in [-0.15, -0.1) is 0 Å². The van der Waals surface area contributed by atoms with Crippen molar-refractivity contribution in [1.29, 1.82) is 0 Å². The van der Waals surface area contributed by atoms with E-state index in [1.54, 1.807) is 54.6 Å². The molecule has 0 aliphatic rings. The molecule has 0 unspecified atom stereocenters. The number of benzene rings is 3. The van der Waals surface area contributed by atoms with E-state index in [0.717, 1.165) is 5.56 Å². The summed E-state index contributed by atoms with van der Waals surface area (Å²) in [5, 5.41) is 14.8. The first-order valence-corrected chi connectivity index (χ1v) is 10.2. The van der Waals surface area contributed by atoms with Gasteiger partial charge in [0.15, 0.2) is 11.5 Å². The monoisotopic (exact) mass is 458 g/mol. The van der Waals surface area contributed by atoms with Crippen molar-refractivity contribution in [2.75, 3.05) is 6.61 Å². The zero-order valence-corrected chi connectivity index (χ0v) is 18.2. The summed E-state index contributed by atoms with van der Waals surface area (Å²) in [7, 11) is 0. The third-order valence-corrected chi connectivity index (χ3v) is 4.78. The maximum atomic E-state index is 12.3. The lowest BCUT2D eigenvalue weighted by Gasteiger charge is -2.09. The lowest BCUT2D eigenvalue weighted by molar-refractivity contribution is 0.0955. The Labute approximate surface area is 190 Å². The molecule has 3 rings (SSSR count). The summed E-state index contributed by atoms with van der Waals surface area (Å²) >= 11 is 12.0. The molecule has 0 atom stereocenters. The second-order valence-electron chi connectivity index (χ2n) is 6.41. The molecule has 2 N–H and O–H groups in total. The molecule has 0 aliphatic carbocycles. The number of aromatic hydroxyl groups is 1. The number of phenols is 1. The van der Waals surface area contributed by atoms with E-state index < -0.39 is 0 Å². The number of ether oxygens (including phenoxy) is 2. The fraction of sp³-hybridized carbons (Fsp3) is 0.130. The van der Waals surface area contributed by atoms with Crippen LogP contribution in [-0.2, 0) is 6.61 Å². The lowest BCUT2D eigenvalue weighted by atomic mass is 10.2. The molecule has 0 bridgehead atoms. The molecule has 3 aromatic rings. The summed E-state index contributed by atoms with van der Waals surface area (Å²) in [6.45, 7) is 2.53. The van der Waals surface area contributed by atoms with E-state index in [0.29, 0.717) is 39.3 Å². The number of halogens is 2. The predicted octanol–water partition coefficient (Wildman–Crippen LogP) is 5.44. The standard InChI is InChI=1S/C23H20Cl2N2O4/c1-2-30-22-11-15(3-10-21(22)28)13-26-27-23(29)16-5-8-19(9-6-16)31-14-17-4-7-18(24)12-20(17)25/h3-13,28H,2,14H2,1H3,(H,27,29)/b26-13-. The van der Waals surface area contributed by atoms with Gasteiger partial charge in [-0.25, -0.2) is 5.43 Å². The molecule has 0 radical (unpaired) electrons.